The van der Waals surface area contributed by atoms with Gasteiger partial charge in [-0.2, -0.15) is 0 Å². The molecule has 7 nitrogen and oxygen atoms in total. The van der Waals surface area contributed by atoms with Crippen molar-refractivity contribution in [1.29, 1.82) is 0 Å². The van der Waals surface area contributed by atoms with Crippen LogP contribution in [0.3, 0.4) is 0 Å². The minimum absolute atomic E-state index is 0.0292. The molecule has 0 atom stereocenters. The third-order valence-corrected chi connectivity index (χ3v) is 3.38. The minimum Gasteiger partial charge on any atom is -0.480 e. The highest BCUT2D eigenvalue weighted by Crippen LogP contribution is 2.31. The third kappa shape index (κ3) is 2.98. The Labute approximate surface area is 115 Å². The van der Waals surface area contributed by atoms with Crippen LogP contribution in [0.2, 0.25) is 0 Å². The van der Waals surface area contributed by atoms with Crippen LogP contribution >= 0.6 is 0 Å². The zero-order chi connectivity index (χ0) is 14.6. The highest BCUT2D eigenvalue weighted by molar-refractivity contribution is 5.92. The maximum atomic E-state index is 11.7. The standard InChI is InChI=1S/C13H16N2O5/c16-10(15-13(12(18)19)5-2-6-13)4-7-14-11(17)9-3-1-8-20-9/h1,3,8H,2,4-7H2,(H,14,17)(H,15,16)(H,18,19). The van der Waals surface area contributed by atoms with Gasteiger partial charge in [-0.1, -0.05) is 0 Å². The van der Waals surface area contributed by atoms with Gasteiger partial charge in [-0.3, -0.25) is 9.59 Å². The molecule has 20 heavy (non-hydrogen) atoms. The molecule has 1 aromatic rings. The molecule has 0 unspecified atom stereocenters. The van der Waals surface area contributed by atoms with Crippen LogP contribution in [-0.2, 0) is 9.59 Å². The second-order valence-corrected chi connectivity index (χ2v) is 4.77. The van der Waals surface area contributed by atoms with Gasteiger partial charge in [0, 0.05) is 13.0 Å². The Balaban J connectivity index is 1.73. The summed E-state index contributed by atoms with van der Waals surface area (Å²) in [7, 11) is 0. The molecule has 108 valence electrons. The largest absolute Gasteiger partial charge is 0.480 e. The maximum absolute atomic E-state index is 11.7. The molecule has 2 rings (SSSR count). The van der Waals surface area contributed by atoms with E-state index >= 15 is 0 Å². The number of amides is 2. The molecular weight excluding hydrogens is 264 g/mol. The molecule has 0 spiro atoms. The second-order valence-electron chi connectivity index (χ2n) is 4.77. The Hall–Kier alpha value is -2.31. The highest BCUT2D eigenvalue weighted by atomic mass is 16.4. The van der Waals surface area contributed by atoms with Crippen molar-refractivity contribution in [1.82, 2.24) is 10.6 Å². The SMILES string of the molecule is O=C(CCNC(=O)c1ccco1)NC1(C(=O)O)CCC1. The average Bonchev–Trinajstić information content (AvgIpc) is 2.87. The van der Waals surface area contributed by atoms with Gasteiger partial charge in [0.1, 0.15) is 5.54 Å². The molecule has 0 saturated heterocycles. The van der Waals surface area contributed by atoms with E-state index in [1.165, 1.54) is 12.3 Å². The molecule has 7 heteroatoms. The quantitative estimate of drug-likeness (QED) is 0.704. The van der Waals surface area contributed by atoms with Crippen molar-refractivity contribution < 1.29 is 23.9 Å². The first-order chi connectivity index (χ1) is 9.53. The predicted octanol–water partition coefficient (Wildman–Crippen LogP) is 0.523. The molecule has 1 aliphatic rings. The maximum Gasteiger partial charge on any atom is 0.329 e. The van der Waals surface area contributed by atoms with Crippen molar-refractivity contribution in [3.8, 4) is 0 Å². The fourth-order valence-corrected chi connectivity index (χ4v) is 2.04. The van der Waals surface area contributed by atoms with Gasteiger partial charge in [0.25, 0.3) is 5.91 Å². The summed E-state index contributed by atoms with van der Waals surface area (Å²) in [6.07, 6.45) is 3.11. The Morgan fingerprint density at radius 2 is 2.10 bits per heavy atom. The molecule has 0 bridgehead atoms. The van der Waals surface area contributed by atoms with Gasteiger partial charge >= 0.3 is 5.97 Å². The van der Waals surface area contributed by atoms with Gasteiger partial charge in [-0.15, -0.1) is 0 Å². The van der Waals surface area contributed by atoms with Gasteiger partial charge in [0.05, 0.1) is 6.26 Å². The first-order valence-electron chi connectivity index (χ1n) is 6.40. The molecule has 3 N–H and O–H groups in total. The van der Waals surface area contributed by atoms with Crippen LogP contribution < -0.4 is 10.6 Å². The lowest BCUT2D eigenvalue weighted by molar-refractivity contribution is -0.151. The molecule has 1 saturated carbocycles. The summed E-state index contributed by atoms with van der Waals surface area (Å²) >= 11 is 0. The molecular formula is C13H16N2O5. The van der Waals surface area contributed by atoms with E-state index in [1.54, 1.807) is 6.07 Å². The lowest BCUT2D eigenvalue weighted by Gasteiger charge is -2.38. The van der Waals surface area contributed by atoms with Crippen molar-refractivity contribution in [2.24, 2.45) is 0 Å². The molecule has 0 aromatic carbocycles. The number of furan rings is 1. The molecule has 1 fully saturated rings. The van der Waals surface area contributed by atoms with Crippen LogP contribution in [0.4, 0.5) is 0 Å². The topological polar surface area (TPSA) is 109 Å². The molecule has 0 aliphatic heterocycles. The van der Waals surface area contributed by atoms with Crippen LogP contribution in [0.5, 0.6) is 0 Å². The number of carbonyl (C=O) groups excluding carboxylic acids is 2. The summed E-state index contributed by atoms with van der Waals surface area (Å²) in [6, 6.07) is 3.11. The van der Waals surface area contributed by atoms with Gasteiger partial charge in [0.2, 0.25) is 5.91 Å². The number of nitrogens with one attached hydrogen (secondary N) is 2. The summed E-state index contributed by atoms with van der Waals surface area (Å²) in [4.78, 5) is 34.3. The van der Waals surface area contributed by atoms with E-state index in [9.17, 15) is 14.4 Å². The van der Waals surface area contributed by atoms with Crippen molar-refractivity contribution in [3.05, 3.63) is 24.2 Å². The first-order valence-corrected chi connectivity index (χ1v) is 6.40. The van der Waals surface area contributed by atoms with Crippen LogP contribution in [0, 0.1) is 0 Å². The fourth-order valence-electron chi connectivity index (χ4n) is 2.04. The zero-order valence-corrected chi connectivity index (χ0v) is 10.8. The molecule has 1 heterocycles. The summed E-state index contributed by atoms with van der Waals surface area (Å²) in [5.41, 5.74) is -1.11. The highest BCUT2D eigenvalue weighted by Gasteiger charge is 2.45. The number of carboxylic acid groups (broad SMARTS) is 1. The van der Waals surface area contributed by atoms with Crippen LogP contribution in [0.1, 0.15) is 36.2 Å². The number of aliphatic carboxylic acids is 1. The monoisotopic (exact) mass is 280 g/mol. The summed E-state index contributed by atoms with van der Waals surface area (Å²) < 4.78 is 4.90. The lowest BCUT2D eigenvalue weighted by atomic mass is 9.76. The van der Waals surface area contributed by atoms with E-state index in [4.69, 9.17) is 9.52 Å². The smallest absolute Gasteiger partial charge is 0.329 e. The Morgan fingerprint density at radius 3 is 2.60 bits per heavy atom. The predicted molar refractivity (Wildman–Crippen MR) is 68.0 cm³/mol. The lowest BCUT2D eigenvalue weighted by Crippen LogP contribution is -2.59. The number of hydrogen-bond donors (Lipinski definition) is 3. The van der Waals surface area contributed by atoms with Crippen molar-refractivity contribution >= 4 is 17.8 Å². The normalized spacial score (nSPS) is 16.0. The van der Waals surface area contributed by atoms with E-state index in [1.807, 2.05) is 0 Å². The van der Waals surface area contributed by atoms with E-state index in [0.717, 1.165) is 6.42 Å². The van der Waals surface area contributed by atoms with E-state index in [-0.39, 0.29) is 24.6 Å². The Bertz CT molecular complexity index is 505. The van der Waals surface area contributed by atoms with Crippen molar-refractivity contribution in [2.45, 2.75) is 31.2 Å². The minimum atomic E-state index is -1.11. The number of hydrogen-bond acceptors (Lipinski definition) is 4. The Morgan fingerprint density at radius 1 is 1.35 bits per heavy atom. The Kier molecular flexibility index (Phi) is 4.07. The third-order valence-electron chi connectivity index (χ3n) is 3.38. The summed E-state index contributed by atoms with van der Waals surface area (Å²) in [5, 5.41) is 14.1. The number of carbonyl (C=O) groups is 3. The average molecular weight is 280 g/mol. The molecule has 1 aliphatic carbocycles. The van der Waals surface area contributed by atoms with Crippen molar-refractivity contribution in [3.63, 3.8) is 0 Å². The van der Waals surface area contributed by atoms with Crippen LogP contribution in [0.15, 0.2) is 22.8 Å². The van der Waals surface area contributed by atoms with Crippen LogP contribution in [-0.4, -0.2) is 35.0 Å². The summed E-state index contributed by atoms with van der Waals surface area (Å²) in [5.74, 6) is -1.62. The number of carboxylic acids is 1. The molecule has 1 aromatic heterocycles. The van der Waals surface area contributed by atoms with Gasteiger partial charge in [-0.25, -0.2) is 4.79 Å². The molecule has 2 amide bonds. The summed E-state index contributed by atoms with van der Waals surface area (Å²) in [6.45, 7) is 0.126. The van der Waals surface area contributed by atoms with E-state index in [0.29, 0.717) is 12.8 Å². The van der Waals surface area contributed by atoms with Gasteiger partial charge in [-0.05, 0) is 31.4 Å². The van der Waals surface area contributed by atoms with Gasteiger partial charge < -0.3 is 20.2 Å². The van der Waals surface area contributed by atoms with E-state index < -0.39 is 17.4 Å². The second kappa shape index (κ2) is 5.77. The van der Waals surface area contributed by atoms with E-state index in [2.05, 4.69) is 10.6 Å². The number of rotatable bonds is 6. The first kappa shape index (κ1) is 14.1. The zero-order valence-electron chi connectivity index (χ0n) is 10.8. The fraction of sp³-hybridized carbons (Fsp3) is 0.462. The van der Waals surface area contributed by atoms with Crippen molar-refractivity contribution in [2.75, 3.05) is 6.54 Å². The molecule has 0 radical (unpaired) electrons. The van der Waals surface area contributed by atoms with Crippen LogP contribution in [0.25, 0.3) is 0 Å². The van der Waals surface area contributed by atoms with Gasteiger partial charge in [0.15, 0.2) is 5.76 Å².